The van der Waals surface area contributed by atoms with Crippen molar-refractivity contribution in [1.29, 1.82) is 0 Å². The minimum Gasteiger partial charge on any atom is -0.395 e. The fourth-order valence-corrected chi connectivity index (χ4v) is 2.84. The van der Waals surface area contributed by atoms with Crippen LogP contribution in [0, 0.1) is 12.7 Å². The van der Waals surface area contributed by atoms with Gasteiger partial charge in [-0.1, -0.05) is 0 Å². The van der Waals surface area contributed by atoms with Gasteiger partial charge in [0.15, 0.2) is 0 Å². The SMILES string of the molecule is Cc1cc(Nc2cc3ccn(CCO)c(=O)c3c(NC(C)(C)CO)n2)ncc1F. The molecule has 0 saturated carbocycles. The van der Waals surface area contributed by atoms with Crippen molar-refractivity contribution < 1.29 is 14.6 Å². The number of rotatable bonds is 7. The van der Waals surface area contributed by atoms with Crippen molar-refractivity contribution >= 4 is 28.2 Å². The first-order valence-corrected chi connectivity index (χ1v) is 9.17. The number of nitrogens with zero attached hydrogens (tertiary/aromatic N) is 3. The van der Waals surface area contributed by atoms with E-state index in [1.54, 1.807) is 45.2 Å². The summed E-state index contributed by atoms with van der Waals surface area (Å²) in [5.41, 5.74) is -0.592. The van der Waals surface area contributed by atoms with Crippen LogP contribution in [-0.4, -0.2) is 43.5 Å². The molecule has 3 heterocycles. The predicted octanol–water partition coefficient (Wildman–Crippen LogP) is 2.16. The quantitative estimate of drug-likeness (QED) is 0.480. The second kappa shape index (κ2) is 8.14. The van der Waals surface area contributed by atoms with Crippen molar-refractivity contribution in [2.45, 2.75) is 32.9 Å². The molecule has 0 radical (unpaired) electrons. The molecule has 0 unspecified atom stereocenters. The summed E-state index contributed by atoms with van der Waals surface area (Å²) in [4.78, 5) is 21.4. The lowest BCUT2D eigenvalue weighted by Gasteiger charge is -2.25. The van der Waals surface area contributed by atoms with Crippen molar-refractivity contribution in [3.05, 3.63) is 52.3 Å². The number of aryl methyl sites for hydroxylation is 1. The molecule has 9 heteroatoms. The van der Waals surface area contributed by atoms with Crippen molar-refractivity contribution in [2.24, 2.45) is 0 Å². The summed E-state index contributed by atoms with van der Waals surface area (Å²) in [5.74, 6) is 0.710. The number of hydrogen-bond donors (Lipinski definition) is 4. The summed E-state index contributed by atoms with van der Waals surface area (Å²) in [6.07, 6.45) is 2.73. The lowest BCUT2D eigenvalue weighted by atomic mass is 10.1. The molecule has 0 spiro atoms. The number of fused-ring (bicyclic) bond motifs is 1. The van der Waals surface area contributed by atoms with E-state index < -0.39 is 11.4 Å². The minimum atomic E-state index is -0.729. The molecular weight excluding hydrogens is 377 g/mol. The van der Waals surface area contributed by atoms with Crippen LogP contribution in [0.1, 0.15) is 19.4 Å². The van der Waals surface area contributed by atoms with Gasteiger partial charge in [0.25, 0.3) is 5.56 Å². The molecule has 0 atom stereocenters. The number of aliphatic hydroxyl groups excluding tert-OH is 2. The number of aliphatic hydroxyl groups is 2. The summed E-state index contributed by atoms with van der Waals surface area (Å²) in [6.45, 7) is 5.01. The highest BCUT2D eigenvalue weighted by molar-refractivity contribution is 5.93. The first-order chi connectivity index (χ1) is 13.7. The standard InChI is InChI=1S/C20H24FN5O3/c1-12-8-15(22-10-14(12)21)23-16-9-13-4-5-26(6-7-27)19(29)17(13)18(24-16)25-20(2,3)11-28/h4-5,8-10,27-28H,6-7,11H2,1-3H3,(H2,22,23,24,25). The maximum absolute atomic E-state index is 13.5. The molecule has 0 aromatic carbocycles. The molecule has 0 bridgehead atoms. The van der Waals surface area contributed by atoms with E-state index in [1.165, 1.54) is 4.57 Å². The molecule has 3 rings (SSSR count). The lowest BCUT2D eigenvalue weighted by molar-refractivity contribution is 0.234. The molecule has 8 nitrogen and oxygen atoms in total. The Morgan fingerprint density at radius 3 is 2.66 bits per heavy atom. The summed E-state index contributed by atoms with van der Waals surface area (Å²) < 4.78 is 14.9. The largest absolute Gasteiger partial charge is 0.395 e. The van der Waals surface area contributed by atoms with Crippen LogP contribution in [0.2, 0.25) is 0 Å². The van der Waals surface area contributed by atoms with Gasteiger partial charge in [0.05, 0.1) is 30.3 Å². The fourth-order valence-electron chi connectivity index (χ4n) is 2.84. The molecule has 3 aromatic rings. The van der Waals surface area contributed by atoms with E-state index in [0.29, 0.717) is 33.8 Å². The monoisotopic (exact) mass is 401 g/mol. The molecule has 0 aliphatic carbocycles. The third-order valence-electron chi connectivity index (χ3n) is 4.45. The van der Waals surface area contributed by atoms with Gasteiger partial charge in [-0.25, -0.2) is 14.4 Å². The first-order valence-electron chi connectivity index (χ1n) is 9.17. The van der Waals surface area contributed by atoms with Gasteiger partial charge < -0.3 is 25.4 Å². The zero-order chi connectivity index (χ0) is 21.2. The van der Waals surface area contributed by atoms with E-state index in [4.69, 9.17) is 0 Å². The Bertz CT molecular complexity index is 1100. The van der Waals surface area contributed by atoms with Crippen LogP contribution in [0.5, 0.6) is 0 Å². The molecule has 154 valence electrons. The summed E-state index contributed by atoms with van der Waals surface area (Å²) in [7, 11) is 0. The highest BCUT2D eigenvalue weighted by atomic mass is 19.1. The summed E-state index contributed by atoms with van der Waals surface area (Å²) in [6, 6.07) is 5.00. The third kappa shape index (κ3) is 4.52. The highest BCUT2D eigenvalue weighted by Gasteiger charge is 2.20. The summed E-state index contributed by atoms with van der Waals surface area (Å²) in [5, 5.41) is 25.9. The number of pyridine rings is 3. The zero-order valence-corrected chi connectivity index (χ0v) is 16.5. The normalized spacial score (nSPS) is 11.7. The van der Waals surface area contributed by atoms with Gasteiger partial charge >= 0.3 is 0 Å². The van der Waals surface area contributed by atoms with E-state index in [2.05, 4.69) is 20.6 Å². The molecule has 0 saturated heterocycles. The fraction of sp³-hybridized carbons (Fsp3) is 0.350. The average Bonchev–Trinajstić information content (AvgIpc) is 2.66. The number of aromatic nitrogens is 3. The third-order valence-corrected chi connectivity index (χ3v) is 4.45. The predicted molar refractivity (Wildman–Crippen MR) is 110 cm³/mol. The van der Waals surface area contributed by atoms with Crippen LogP contribution < -0.4 is 16.2 Å². The number of halogens is 1. The van der Waals surface area contributed by atoms with E-state index in [1.807, 2.05) is 0 Å². The van der Waals surface area contributed by atoms with E-state index in [9.17, 15) is 19.4 Å². The van der Waals surface area contributed by atoms with Gasteiger partial charge in [-0.05, 0) is 49.9 Å². The van der Waals surface area contributed by atoms with Crippen LogP contribution in [0.3, 0.4) is 0 Å². The number of nitrogens with one attached hydrogen (secondary N) is 2. The van der Waals surface area contributed by atoms with Crippen molar-refractivity contribution in [3.8, 4) is 0 Å². The van der Waals surface area contributed by atoms with Gasteiger partial charge in [0.2, 0.25) is 0 Å². The zero-order valence-electron chi connectivity index (χ0n) is 16.5. The molecule has 0 aliphatic rings. The highest BCUT2D eigenvalue weighted by Crippen LogP contribution is 2.26. The van der Waals surface area contributed by atoms with Crippen LogP contribution in [0.4, 0.5) is 21.8 Å². The molecule has 0 fully saturated rings. The number of hydrogen-bond acceptors (Lipinski definition) is 7. The Morgan fingerprint density at radius 1 is 1.24 bits per heavy atom. The Balaban J connectivity index is 2.13. The second-order valence-electron chi connectivity index (χ2n) is 7.47. The minimum absolute atomic E-state index is 0.163. The van der Waals surface area contributed by atoms with Crippen LogP contribution in [0.15, 0.2) is 35.4 Å². The number of anilines is 3. The molecule has 3 aromatic heterocycles. The second-order valence-corrected chi connectivity index (χ2v) is 7.47. The topological polar surface area (TPSA) is 112 Å². The Kier molecular flexibility index (Phi) is 5.81. The van der Waals surface area contributed by atoms with Gasteiger partial charge in [0, 0.05) is 12.7 Å². The molecular formula is C20H24FN5O3. The van der Waals surface area contributed by atoms with Crippen LogP contribution in [-0.2, 0) is 6.54 Å². The molecule has 29 heavy (non-hydrogen) atoms. The Hall–Kier alpha value is -3.04. The summed E-state index contributed by atoms with van der Waals surface area (Å²) >= 11 is 0. The van der Waals surface area contributed by atoms with Gasteiger partial charge in [-0.15, -0.1) is 0 Å². The molecule has 4 N–H and O–H groups in total. The van der Waals surface area contributed by atoms with Gasteiger partial charge in [-0.2, -0.15) is 0 Å². The first kappa shape index (κ1) is 20.7. The van der Waals surface area contributed by atoms with Crippen molar-refractivity contribution in [2.75, 3.05) is 23.8 Å². The van der Waals surface area contributed by atoms with E-state index in [0.717, 1.165) is 6.20 Å². The maximum Gasteiger partial charge on any atom is 0.262 e. The van der Waals surface area contributed by atoms with Crippen molar-refractivity contribution in [1.82, 2.24) is 14.5 Å². The maximum atomic E-state index is 13.5. The van der Waals surface area contributed by atoms with Crippen LogP contribution in [0.25, 0.3) is 10.8 Å². The van der Waals surface area contributed by atoms with Crippen LogP contribution >= 0.6 is 0 Å². The Labute approximate surface area is 167 Å². The lowest BCUT2D eigenvalue weighted by Crippen LogP contribution is -2.36. The van der Waals surface area contributed by atoms with Gasteiger partial charge in [0.1, 0.15) is 23.3 Å². The van der Waals surface area contributed by atoms with E-state index >= 15 is 0 Å². The molecule has 0 amide bonds. The smallest absolute Gasteiger partial charge is 0.262 e. The van der Waals surface area contributed by atoms with E-state index in [-0.39, 0.29) is 25.3 Å². The average molecular weight is 401 g/mol. The van der Waals surface area contributed by atoms with Crippen molar-refractivity contribution in [3.63, 3.8) is 0 Å². The van der Waals surface area contributed by atoms with Gasteiger partial charge in [-0.3, -0.25) is 4.79 Å². The molecule has 0 aliphatic heterocycles. The Morgan fingerprint density at radius 2 is 2.00 bits per heavy atom.